The minimum absolute atomic E-state index is 0.0208. The molecule has 0 atom stereocenters. The lowest BCUT2D eigenvalue weighted by molar-refractivity contribution is -0.113. The highest BCUT2D eigenvalue weighted by Gasteiger charge is 2.08. The third-order valence-corrected chi connectivity index (χ3v) is 3.60. The first-order valence-electron chi connectivity index (χ1n) is 6.65. The Hall–Kier alpha value is -2.08. The van der Waals surface area contributed by atoms with Gasteiger partial charge in [-0.2, -0.15) is 0 Å². The van der Waals surface area contributed by atoms with Gasteiger partial charge in [0, 0.05) is 11.8 Å². The smallest absolute Gasteiger partial charge is 0.234 e. The van der Waals surface area contributed by atoms with E-state index in [0.717, 1.165) is 17.9 Å². The monoisotopic (exact) mass is 323 g/mol. The third-order valence-electron chi connectivity index (χ3n) is 2.68. The molecule has 0 radical (unpaired) electrons. The Balaban J connectivity index is 1.65. The van der Waals surface area contributed by atoms with Gasteiger partial charge in [-0.1, -0.05) is 18.2 Å². The topological polar surface area (TPSA) is 38.3 Å². The zero-order chi connectivity index (χ0) is 15.8. The van der Waals surface area contributed by atoms with Crippen molar-refractivity contribution in [2.75, 3.05) is 23.4 Å². The molecule has 2 rings (SSSR count). The molecule has 2 aromatic rings. The van der Waals surface area contributed by atoms with Crippen molar-refractivity contribution in [1.82, 2.24) is 0 Å². The average Bonchev–Trinajstić information content (AvgIpc) is 2.51. The summed E-state index contributed by atoms with van der Waals surface area (Å²) < 4.78 is 31.6. The van der Waals surface area contributed by atoms with E-state index < -0.39 is 11.6 Å². The van der Waals surface area contributed by atoms with E-state index >= 15 is 0 Å². The first-order chi connectivity index (χ1) is 10.6. The van der Waals surface area contributed by atoms with E-state index in [1.807, 2.05) is 30.3 Å². The van der Waals surface area contributed by atoms with E-state index in [0.29, 0.717) is 12.4 Å². The van der Waals surface area contributed by atoms with Crippen LogP contribution in [0.1, 0.15) is 0 Å². The molecule has 2 aromatic carbocycles. The number of carbonyl (C=O) groups is 1. The molecule has 0 unspecified atom stereocenters. The molecule has 22 heavy (non-hydrogen) atoms. The number of para-hydroxylation sites is 1. The Kier molecular flexibility index (Phi) is 6.21. The lowest BCUT2D eigenvalue weighted by Gasteiger charge is -2.07. The van der Waals surface area contributed by atoms with Crippen LogP contribution in [0.5, 0.6) is 5.75 Å². The molecule has 0 aromatic heterocycles. The molecule has 0 saturated carbocycles. The number of carbonyl (C=O) groups excluding carboxylic acids is 1. The molecule has 1 amide bonds. The predicted molar refractivity (Wildman–Crippen MR) is 84.2 cm³/mol. The van der Waals surface area contributed by atoms with Gasteiger partial charge < -0.3 is 10.1 Å². The van der Waals surface area contributed by atoms with Crippen molar-refractivity contribution < 1.29 is 18.3 Å². The van der Waals surface area contributed by atoms with E-state index in [2.05, 4.69) is 5.32 Å². The van der Waals surface area contributed by atoms with E-state index in [1.54, 1.807) is 0 Å². The van der Waals surface area contributed by atoms with Gasteiger partial charge in [0.1, 0.15) is 17.4 Å². The van der Waals surface area contributed by atoms with Gasteiger partial charge in [-0.3, -0.25) is 4.79 Å². The fourth-order valence-corrected chi connectivity index (χ4v) is 2.28. The number of amides is 1. The summed E-state index contributed by atoms with van der Waals surface area (Å²) in [6, 6.07) is 12.4. The highest BCUT2D eigenvalue weighted by Crippen LogP contribution is 2.15. The predicted octanol–water partition coefficient (Wildman–Crippen LogP) is 3.72. The maximum Gasteiger partial charge on any atom is 0.234 e. The van der Waals surface area contributed by atoms with Crippen LogP contribution in [-0.2, 0) is 4.79 Å². The number of thioether (sulfide) groups is 1. The van der Waals surface area contributed by atoms with Crippen LogP contribution in [0.4, 0.5) is 14.5 Å². The summed E-state index contributed by atoms with van der Waals surface area (Å²) in [5.74, 6) is -0.215. The molecule has 0 aliphatic heterocycles. The molecule has 0 heterocycles. The largest absolute Gasteiger partial charge is 0.493 e. The second kappa shape index (κ2) is 8.38. The van der Waals surface area contributed by atoms with Crippen molar-refractivity contribution in [1.29, 1.82) is 0 Å². The van der Waals surface area contributed by atoms with Crippen molar-refractivity contribution in [2.45, 2.75) is 0 Å². The Morgan fingerprint density at radius 1 is 1.14 bits per heavy atom. The van der Waals surface area contributed by atoms with Crippen molar-refractivity contribution in [3.63, 3.8) is 0 Å². The number of benzene rings is 2. The zero-order valence-corrected chi connectivity index (χ0v) is 12.5. The van der Waals surface area contributed by atoms with Crippen LogP contribution in [0, 0.1) is 11.6 Å². The number of rotatable bonds is 7. The zero-order valence-electron chi connectivity index (χ0n) is 11.7. The summed E-state index contributed by atoms with van der Waals surface area (Å²) in [5.41, 5.74) is -0.0208. The van der Waals surface area contributed by atoms with Crippen LogP contribution in [0.3, 0.4) is 0 Å². The van der Waals surface area contributed by atoms with Crippen molar-refractivity contribution in [3.05, 3.63) is 60.2 Å². The normalized spacial score (nSPS) is 10.3. The standard InChI is InChI=1S/C16H15F2NO2S/c17-12-6-7-15(14(18)10-12)19-16(20)11-22-9-8-21-13-4-2-1-3-5-13/h1-7,10H,8-9,11H2,(H,19,20). The number of hydrogen-bond donors (Lipinski definition) is 1. The Bertz CT molecular complexity index is 623. The van der Waals surface area contributed by atoms with Crippen LogP contribution < -0.4 is 10.1 Å². The molecule has 0 fully saturated rings. The van der Waals surface area contributed by atoms with Gasteiger partial charge >= 0.3 is 0 Å². The van der Waals surface area contributed by atoms with Gasteiger partial charge in [0.25, 0.3) is 0 Å². The third kappa shape index (κ3) is 5.37. The highest BCUT2D eigenvalue weighted by atomic mass is 32.2. The molecule has 0 spiro atoms. The van der Waals surface area contributed by atoms with Gasteiger partial charge in [-0.15, -0.1) is 11.8 Å². The molecule has 116 valence electrons. The summed E-state index contributed by atoms with van der Waals surface area (Å²) in [6.07, 6.45) is 0. The maximum atomic E-state index is 13.4. The molecule has 0 saturated heterocycles. The summed E-state index contributed by atoms with van der Waals surface area (Å²) in [4.78, 5) is 11.6. The average molecular weight is 323 g/mol. The highest BCUT2D eigenvalue weighted by molar-refractivity contribution is 7.99. The van der Waals surface area contributed by atoms with Crippen LogP contribution in [0.25, 0.3) is 0 Å². The second-order valence-electron chi connectivity index (χ2n) is 4.39. The SMILES string of the molecule is O=C(CSCCOc1ccccc1)Nc1ccc(F)cc1F. The summed E-state index contributed by atoms with van der Waals surface area (Å²) in [5, 5.41) is 2.40. The van der Waals surface area contributed by atoms with Gasteiger partial charge in [0.05, 0.1) is 18.0 Å². The lowest BCUT2D eigenvalue weighted by atomic mass is 10.3. The Morgan fingerprint density at radius 2 is 1.91 bits per heavy atom. The molecular weight excluding hydrogens is 308 g/mol. The number of halogens is 2. The van der Waals surface area contributed by atoms with Crippen molar-refractivity contribution in [3.8, 4) is 5.75 Å². The fourth-order valence-electron chi connectivity index (χ4n) is 1.68. The number of anilines is 1. The van der Waals surface area contributed by atoms with Gasteiger partial charge in [-0.05, 0) is 24.3 Å². The maximum absolute atomic E-state index is 13.4. The number of nitrogens with one attached hydrogen (secondary N) is 1. The quantitative estimate of drug-likeness (QED) is 0.789. The summed E-state index contributed by atoms with van der Waals surface area (Å²) in [6.45, 7) is 0.479. The number of hydrogen-bond acceptors (Lipinski definition) is 3. The second-order valence-corrected chi connectivity index (χ2v) is 5.49. The Morgan fingerprint density at radius 3 is 2.64 bits per heavy atom. The minimum Gasteiger partial charge on any atom is -0.493 e. The van der Waals surface area contributed by atoms with Crippen LogP contribution in [0.2, 0.25) is 0 Å². The number of ether oxygens (including phenoxy) is 1. The van der Waals surface area contributed by atoms with Crippen molar-refractivity contribution in [2.24, 2.45) is 0 Å². The van der Waals surface area contributed by atoms with Gasteiger partial charge in [0.2, 0.25) is 5.91 Å². The van der Waals surface area contributed by atoms with Crippen LogP contribution >= 0.6 is 11.8 Å². The van der Waals surface area contributed by atoms with Gasteiger partial charge in [-0.25, -0.2) is 8.78 Å². The molecule has 0 bridgehead atoms. The first kappa shape index (κ1) is 16.3. The molecule has 0 aliphatic carbocycles. The summed E-state index contributed by atoms with van der Waals surface area (Å²) >= 11 is 1.38. The minimum atomic E-state index is -0.786. The Labute approximate surface area is 131 Å². The molecular formula is C16H15F2NO2S. The first-order valence-corrected chi connectivity index (χ1v) is 7.81. The summed E-state index contributed by atoms with van der Waals surface area (Å²) in [7, 11) is 0. The van der Waals surface area contributed by atoms with E-state index in [1.165, 1.54) is 17.8 Å². The van der Waals surface area contributed by atoms with E-state index in [9.17, 15) is 13.6 Å². The van der Waals surface area contributed by atoms with Gasteiger partial charge in [0.15, 0.2) is 0 Å². The molecule has 1 N–H and O–H groups in total. The lowest BCUT2D eigenvalue weighted by Crippen LogP contribution is -2.16. The molecule has 6 heteroatoms. The molecule has 3 nitrogen and oxygen atoms in total. The van der Waals surface area contributed by atoms with E-state index in [-0.39, 0.29) is 17.3 Å². The van der Waals surface area contributed by atoms with Crippen LogP contribution in [0.15, 0.2) is 48.5 Å². The van der Waals surface area contributed by atoms with E-state index in [4.69, 9.17) is 4.74 Å². The van der Waals surface area contributed by atoms with Crippen LogP contribution in [-0.4, -0.2) is 24.0 Å². The fraction of sp³-hybridized carbons (Fsp3) is 0.188. The molecule has 0 aliphatic rings. The van der Waals surface area contributed by atoms with Crippen molar-refractivity contribution >= 4 is 23.4 Å².